The van der Waals surface area contributed by atoms with Gasteiger partial charge in [0.15, 0.2) is 0 Å². The number of imidazole rings is 1. The Bertz CT molecular complexity index is 932. The highest BCUT2D eigenvalue weighted by atomic mass is 16.5. The quantitative estimate of drug-likeness (QED) is 0.720. The van der Waals surface area contributed by atoms with Gasteiger partial charge in [-0.05, 0) is 43.5 Å². The first kappa shape index (κ1) is 16.6. The summed E-state index contributed by atoms with van der Waals surface area (Å²) in [6.45, 7) is 3.98. The lowest BCUT2D eigenvalue weighted by Gasteiger charge is -2.24. The molecule has 0 saturated heterocycles. The van der Waals surface area contributed by atoms with Crippen molar-refractivity contribution in [3.05, 3.63) is 59.9 Å². The van der Waals surface area contributed by atoms with E-state index in [1.54, 1.807) is 0 Å². The van der Waals surface area contributed by atoms with Crippen LogP contribution in [0, 0.1) is 12.8 Å². The summed E-state index contributed by atoms with van der Waals surface area (Å²) < 4.78 is 7.92. The summed E-state index contributed by atoms with van der Waals surface area (Å²) in [4.78, 5) is 17.0. The normalized spacial score (nSPS) is 16.1. The van der Waals surface area contributed by atoms with Crippen LogP contribution in [0.25, 0.3) is 11.0 Å². The Morgan fingerprint density at radius 2 is 2.04 bits per heavy atom. The zero-order valence-corrected chi connectivity index (χ0v) is 14.9. The number of hydrogen-bond acceptors (Lipinski definition) is 3. The molecular weight excluding hydrogens is 326 g/mol. The number of fused-ring (bicyclic) bond motifs is 2. The van der Waals surface area contributed by atoms with Crippen molar-refractivity contribution in [2.45, 2.75) is 26.3 Å². The molecule has 3 aromatic rings. The number of nitrogens with one attached hydrogen (secondary N) is 1. The maximum Gasteiger partial charge on any atom is 0.226 e. The van der Waals surface area contributed by atoms with Crippen molar-refractivity contribution in [3.8, 4) is 5.75 Å². The van der Waals surface area contributed by atoms with Gasteiger partial charge >= 0.3 is 0 Å². The molecule has 1 aliphatic heterocycles. The van der Waals surface area contributed by atoms with E-state index < -0.39 is 0 Å². The Hall–Kier alpha value is -2.82. The third kappa shape index (κ3) is 3.29. The van der Waals surface area contributed by atoms with Crippen LogP contribution in [0.3, 0.4) is 0 Å². The SMILES string of the molecule is Cc1nc2ccccc2n1CCCNC(=O)C1COc2ccccc2C1. The third-order valence-electron chi connectivity index (χ3n) is 4.95. The summed E-state index contributed by atoms with van der Waals surface area (Å²) in [5, 5.41) is 3.06. The van der Waals surface area contributed by atoms with E-state index >= 15 is 0 Å². The van der Waals surface area contributed by atoms with Crippen molar-refractivity contribution in [1.29, 1.82) is 0 Å². The van der Waals surface area contributed by atoms with Gasteiger partial charge in [0.1, 0.15) is 18.2 Å². The standard InChI is InChI=1S/C21H23N3O2/c1-15-23-18-8-3-4-9-19(18)24(15)12-6-11-22-21(25)17-13-16-7-2-5-10-20(16)26-14-17/h2-5,7-10,17H,6,11-14H2,1H3,(H,22,25). The molecule has 5 heteroatoms. The topological polar surface area (TPSA) is 56.2 Å². The van der Waals surface area contributed by atoms with Gasteiger partial charge in [-0.2, -0.15) is 0 Å². The van der Waals surface area contributed by atoms with E-state index in [-0.39, 0.29) is 11.8 Å². The number of para-hydroxylation sites is 3. The fourth-order valence-electron chi connectivity index (χ4n) is 3.57. The minimum Gasteiger partial charge on any atom is -0.492 e. The Morgan fingerprint density at radius 1 is 1.23 bits per heavy atom. The summed E-state index contributed by atoms with van der Waals surface area (Å²) >= 11 is 0. The third-order valence-corrected chi connectivity index (χ3v) is 4.95. The first-order valence-electron chi connectivity index (χ1n) is 9.12. The molecule has 2 aromatic carbocycles. The number of ether oxygens (including phenoxy) is 1. The molecule has 0 saturated carbocycles. The van der Waals surface area contributed by atoms with E-state index in [0.717, 1.165) is 47.6 Å². The zero-order valence-electron chi connectivity index (χ0n) is 14.9. The maximum absolute atomic E-state index is 12.4. The molecule has 5 nitrogen and oxygen atoms in total. The Kier molecular flexibility index (Phi) is 4.61. The lowest BCUT2D eigenvalue weighted by molar-refractivity contribution is -0.126. The highest BCUT2D eigenvalue weighted by Gasteiger charge is 2.25. The lowest BCUT2D eigenvalue weighted by atomic mass is 9.96. The molecule has 0 radical (unpaired) electrons. The van der Waals surface area contributed by atoms with Crippen molar-refractivity contribution in [1.82, 2.24) is 14.9 Å². The number of amides is 1. The average Bonchev–Trinajstić information content (AvgIpc) is 3.00. The summed E-state index contributed by atoms with van der Waals surface area (Å²) in [6.07, 6.45) is 1.62. The molecule has 26 heavy (non-hydrogen) atoms. The second-order valence-electron chi connectivity index (χ2n) is 6.76. The molecule has 0 spiro atoms. The number of nitrogens with zero attached hydrogens (tertiary/aromatic N) is 2. The molecule has 1 aromatic heterocycles. The molecule has 1 atom stereocenters. The van der Waals surface area contributed by atoms with E-state index in [2.05, 4.69) is 20.9 Å². The van der Waals surface area contributed by atoms with Gasteiger partial charge in [0.25, 0.3) is 0 Å². The fraction of sp³-hybridized carbons (Fsp3) is 0.333. The second-order valence-corrected chi connectivity index (χ2v) is 6.76. The molecule has 0 bridgehead atoms. The molecule has 0 aliphatic carbocycles. The van der Waals surface area contributed by atoms with Crippen molar-refractivity contribution in [2.75, 3.05) is 13.2 Å². The van der Waals surface area contributed by atoms with Crippen molar-refractivity contribution in [3.63, 3.8) is 0 Å². The predicted octanol–water partition coefficient (Wildman–Crippen LogP) is 3.10. The van der Waals surface area contributed by atoms with Crippen LogP contribution in [0.1, 0.15) is 17.8 Å². The van der Waals surface area contributed by atoms with E-state index in [0.29, 0.717) is 13.2 Å². The number of hydrogen-bond donors (Lipinski definition) is 1. The number of rotatable bonds is 5. The van der Waals surface area contributed by atoms with Crippen LogP contribution in [0.2, 0.25) is 0 Å². The number of benzene rings is 2. The largest absolute Gasteiger partial charge is 0.492 e. The molecule has 134 valence electrons. The molecule has 0 fully saturated rings. The molecule has 1 aliphatic rings. The minimum atomic E-state index is -0.110. The molecule has 2 heterocycles. The van der Waals surface area contributed by atoms with Gasteiger partial charge in [0, 0.05) is 13.1 Å². The molecule has 1 amide bonds. The van der Waals surface area contributed by atoms with Crippen molar-refractivity contribution in [2.24, 2.45) is 5.92 Å². The van der Waals surface area contributed by atoms with Crippen LogP contribution < -0.4 is 10.1 Å². The van der Waals surface area contributed by atoms with Gasteiger partial charge in [-0.3, -0.25) is 4.79 Å². The minimum absolute atomic E-state index is 0.0757. The average molecular weight is 349 g/mol. The number of aryl methyl sites for hydroxylation is 2. The van der Waals surface area contributed by atoms with Crippen molar-refractivity contribution >= 4 is 16.9 Å². The van der Waals surface area contributed by atoms with Crippen LogP contribution in [0.15, 0.2) is 48.5 Å². The first-order chi connectivity index (χ1) is 12.7. The first-order valence-corrected chi connectivity index (χ1v) is 9.12. The highest BCUT2D eigenvalue weighted by Crippen LogP contribution is 2.26. The Morgan fingerprint density at radius 3 is 2.96 bits per heavy atom. The molecule has 1 N–H and O–H groups in total. The number of aromatic nitrogens is 2. The van der Waals surface area contributed by atoms with Crippen LogP contribution in [0.5, 0.6) is 5.75 Å². The van der Waals surface area contributed by atoms with Gasteiger partial charge in [-0.25, -0.2) is 4.98 Å². The van der Waals surface area contributed by atoms with E-state index in [1.807, 2.05) is 49.4 Å². The summed E-state index contributed by atoms with van der Waals surface area (Å²) in [5.74, 6) is 1.88. The molecule has 1 unspecified atom stereocenters. The van der Waals surface area contributed by atoms with Crippen molar-refractivity contribution < 1.29 is 9.53 Å². The van der Waals surface area contributed by atoms with Crippen LogP contribution in [0.4, 0.5) is 0 Å². The summed E-state index contributed by atoms with van der Waals surface area (Å²) in [7, 11) is 0. The van der Waals surface area contributed by atoms with Gasteiger partial charge in [-0.1, -0.05) is 30.3 Å². The van der Waals surface area contributed by atoms with E-state index in [4.69, 9.17) is 4.74 Å². The van der Waals surface area contributed by atoms with Gasteiger partial charge in [0.2, 0.25) is 5.91 Å². The number of carbonyl (C=O) groups is 1. The molecular formula is C21H23N3O2. The molecule has 4 rings (SSSR count). The maximum atomic E-state index is 12.4. The second kappa shape index (κ2) is 7.20. The van der Waals surface area contributed by atoms with Crippen LogP contribution in [-0.2, 0) is 17.8 Å². The van der Waals surface area contributed by atoms with Gasteiger partial charge in [0.05, 0.1) is 17.0 Å². The summed E-state index contributed by atoms with van der Waals surface area (Å²) in [6, 6.07) is 16.1. The van der Waals surface area contributed by atoms with Crippen LogP contribution >= 0.6 is 0 Å². The fourth-order valence-corrected chi connectivity index (χ4v) is 3.57. The van der Waals surface area contributed by atoms with Gasteiger partial charge < -0.3 is 14.6 Å². The summed E-state index contributed by atoms with van der Waals surface area (Å²) in [5.41, 5.74) is 3.28. The predicted molar refractivity (Wildman–Crippen MR) is 101 cm³/mol. The van der Waals surface area contributed by atoms with Gasteiger partial charge in [-0.15, -0.1) is 0 Å². The zero-order chi connectivity index (χ0) is 17.9. The monoisotopic (exact) mass is 349 g/mol. The van der Waals surface area contributed by atoms with E-state index in [1.165, 1.54) is 0 Å². The Labute approximate surface area is 153 Å². The highest BCUT2D eigenvalue weighted by molar-refractivity contribution is 5.79. The van der Waals surface area contributed by atoms with Crippen LogP contribution in [-0.4, -0.2) is 28.6 Å². The Balaban J connectivity index is 1.30. The smallest absolute Gasteiger partial charge is 0.226 e. The lowest BCUT2D eigenvalue weighted by Crippen LogP contribution is -2.38. The number of carbonyl (C=O) groups excluding carboxylic acids is 1. The van der Waals surface area contributed by atoms with E-state index in [9.17, 15) is 4.79 Å².